The summed E-state index contributed by atoms with van der Waals surface area (Å²) in [6.07, 6.45) is 3.28. The minimum atomic E-state index is -0.189. The van der Waals surface area contributed by atoms with Crippen LogP contribution in [0.2, 0.25) is 0 Å². The van der Waals surface area contributed by atoms with E-state index >= 15 is 0 Å². The van der Waals surface area contributed by atoms with Crippen LogP contribution < -0.4 is 15.4 Å². The molecule has 1 aliphatic carbocycles. The molecule has 2 N–H and O–H groups in total. The summed E-state index contributed by atoms with van der Waals surface area (Å²) in [6.45, 7) is 5.88. The smallest absolute Gasteiger partial charge is 0.237 e. The van der Waals surface area contributed by atoms with Gasteiger partial charge in [-0.2, -0.15) is 0 Å². The van der Waals surface area contributed by atoms with Crippen molar-refractivity contribution in [1.82, 2.24) is 10.6 Å². The van der Waals surface area contributed by atoms with E-state index in [-0.39, 0.29) is 24.0 Å². The molecule has 1 amide bonds. The van der Waals surface area contributed by atoms with Crippen molar-refractivity contribution < 1.29 is 9.53 Å². The highest BCUT2D eigenvalue weighted by atomic mass is 16.5. The summed E-state index contributed by atoms with van der Waals surface area (Å²) in [7, 11) is 1.69. The molecule has 1 aromatic carbocycles. The second kappa shape index (κ2) is 6.94. The Morgan fingerprint density at radius 2 is 2.10 bits per heavy atom. The average Bonchev–Trinajstić information content (AvgIpc) is 2.46. The molecule has 0 radical (unpaired) electrons. The van der Waals surface area contributed by atoms with E-state index in [2.05, 4.69) is 22.8 Å². The predicted octanol–water partition coefficient (Wildman–Crippen LogP) is 2.58. The van der Waals surface area contributed by atoms with Crippen LogP contribution >= 0.6 is 0 Å². The first-order chi connectivity index (χ1) is 10.0. The molecular formula is C17H26N2O2. The van der Waals surface area contributed by atoms with Gasteiger partial charge >= 0.3 is 0 Å². The number of methoxy groups -OCH3 is 1. The zero-order valence-corrected chi connectivity index (χ0v) is 13.4. The zero-order valence-electron chi connectivity index (χ0n) is 13.4. The van der Waals surface area contributed by atoms with Crippen LogP contribution in [0, 0.1) is 0 Å². The minimum absolute atomic E-state index is 0.0608. The van der Waals surface area contributed by atoms with Crippen LogP contribution in [0.1, 0.15) is 50.8 Å². The van der Waals surface area contributed by atoms with Crippen molar-refractivity contribution in [3.63, 3.8) is 0 Å². The Morgan fingerprint density at radius 3 is 2.76 bits per heavy atom. The van der Waals surface area contributed by atoms with Crippen molar-refractivity contribution in [2.45, 2.75) is 58.2 Å². The molecule has 2 atom stereocenters. The molecule has 0 spiro atoms. The number of amides is 1. The van der Waals surface area contributed by atoms with Crippen LogP contribution in [0.25, 0.3) is 0 Å². The number of carbonyl (C=O) groups is 1. The molecule has 0 heterocycles. The molecular weight excluding hydrogens is 264 g/mol. The molecule has 0 fully saturated rings. The molecule has 2 rings (SSSR count). The second-order valence-electron chi connectivity index (χ2n) is 6.06. The molecule has 0 bridgehead atoms. The van der Waals surface area contributed by atoms with Crippen LogP contribution in [-0.2, 0) is 11.2 Å². The Balaban J connectivity index is 2.08. The zero-order chi connectivity index (χ0) is 15.4. The molecule has 21 heavy (non-hydrogen) atoms. The van der Waals surface area contributed by atoms with Crippen molar-refractivity contribution in [1.29, 1.82) is 0 Å². The molecule has 2 unspecified atom stereocenters. The van der Waals surface area contributed by atoms with E-state index in [0.717, 1.165) is 25.0 Å². The van der Waals surface area contributed by atoms with Crippen LogP contribution in [0.15, 0.2) is 18.2 Å². The van der Waals surface area contributed by atoms with E-state index in [1.807, 2.05) is 26.8 Å². The Labute approximate surface area is 127 Å². The highest BCUT2D eigenvalue weighted by molar-refractivity contribution is 5.81. The number of hydrogen-bond acceptors (Lipinski definition) is 3. The summed E-state index contributed by atoms with van der Waals surface area (Å²) in [5, 5.41) is 6.42. The number of ether oxygens (including phenoxy) is 1. The number of rotatable bonds is 5. The van der Waals surface area contributed by atoms with Crippen LogP contribution in [0.4, 0.5) is 0 Å². The van der Waals surface area contributed by atoms with Crippen LogP contribution in [0.5, 0.6) is 5.75 Å². The van der Waals surface area contributed by atoms with Crippen molar-refractivity contribution in [3.05, 3.63) is 29.3 Å². The normalized spacial score (nSPS) is 19.0. The average molecular weight is 290 g/mol. The summed E-state index contributed by atoms with van der Waals surface area (Å²) >= 11 is 0. The van der Waals surface area contributed by atoms with Gasteiger partial charge in [-0.15, -0.1) is 0 Å². The largest absolute Gasteiger partial charge is 0.497 e. The fraction of sp³-hybridized carbons (Fsp3) is 0.588. The lowest BCUT2D eigenvalue weighted by atomic mass is 9.87. The van der Waals surface area contributed by atoms with Crippen molar-refractivity contribution in [2.75, 3.05) is 7.11 Å². The van der Waals surface area contributed by atoms with E-state index in [1.165, 1.54) is 11.1 Å². The highest BCUT2D eigenvalue weighted by Crippen LogP contribution is 2.32. The second-order valence-corrected chi connectivity index (χ2v) is 6.06. The lowest BCUT2D eigenvalue weighted by Gasteiger charge is -2.29. The summed E-state index contributed by atoms with van der Waals surface area (Å²) in [4.78, 5) is 12.0. The maximum atomic E-state index is 12.0. The molecule has 0 saturated heterocycles. The number of hydrogen-bond donors (Lipinski definition) is 2. The molecule has 4 heteroatoms. The lowest BCUT2D eigenvalue weighted by molar-refractivity contribution is -0.123. The number of fused-ring (bicyclic) bond motifs is 1. The van der Waals surface area contributed by atoms with Gasteiger partial charge in [-0.05, 0) is 63.3 Å². The Hall–Kier alpha value is -1.55. The van der Waals surface area contributed by atoms with Gasteiger partial charge in [0, 0.05) is 12.1 Å². The maximum Gasteiger partial charge on any atom is 0.237 e. The fourth-order valence-corrected chi connectivity index (χ4v) is 2.88. The third kappa shape index (κ3) is 3.97. The van der Waals surface area contributed by atoms with Crippen molar-refractivity contribution in [2.24, 2.45) is 0 Å². The van der Waals surface area contributed by atoms with E-state index in [0.29, 0.717) is 0 Å². The lowest BCUT2D eigenvalue weighted by Crippen LogP contribution is -2.46. The van der Waals surface area contributed by atoms with Gasteiger partial charge in [0.15, 0.2) is 0 Å². The number of aryl methyl sites for hydroxylation is 1. The SMILES string of the molecule is COc1ccc2c(c1)CCCC2NC(C)C(=O)NC(C)C. The van der Waals surface area contributed by atoms with Gasteiger partial charge in [-0.25, -0.2) is 0 Å². The topological polar surface area (TPSA) is 50.4 Å². The summed E-state index contributed by atoms with van der Waals surface area (Å²) in [5.41, 5.74) is 2.63. The molecule has 1 aromatic rings. The van der Waals surface area contributed by atoms with Gasteiger partial charge in [0.25, 0.3) is 0 Å². The summed E-state index contributed by atoms with van der Waals surface area (Å²) in [6, 6.07) is 6.46. The third-order valence-electron chi connectivity index (χ3n) is 3.94. The first-order valence-corrected chi connectivity index (χ1v) is 7.74. The highest BCUT2D eigenvalue weighted by Gasteiger charge is 2.24. The fourth-order valence-electron chi connectivity index (χ4n) is 2.88. The molecule has 4 nitrogen and oxygen atoms in total. The van der Waals surface area contributed by atoms with Gasteiger partial charge in [-0.3, -0.25) is 10.1 Å². The summed E-state index contributed by atoms with van der Waals surface area (Å²) < 4.78 is 5.29. The Bertz CT molecular complexity index is 500. The number of benzene rings is 1. The molecule has 116 valence electrons. The predicted molar refractivity (Wildman–Crippen MR) is 84.5 cm³/mol. The van der Waals surface area contributed by atoms with Gasteiger partial charge in [-0.1, -0.05) is 6.07 Å². The van der Waals surface area contributed by atoms with Gasteiger partial charge in [0.05, 0.1) is 13.2 Å². The first-order valence-electron chi connectivity index (χ1n) is 7.74. The molecule has 0 aliphatic heterocycles. The number of nitrogens with one attached hydrogen (secondary N) is 2. The third-order valence-corrected chi connectivity index (χ3v) is 3.94. The Morgan fingerprint density at radius 1 is 1.33 bits per heavy atom. The molecule has 1 aliphatic rings. The van der Waals surface area contributed by atoms with Crippen molar-refractivity contribution >= 4 is 5.91 Å². The van der Waals surface area contributed by atoms with Crippen LogP contribution in [-0.4, -0.2) is 25.1 Å². The van der Waals surface area contributed by atoms with Crippen LogP contribution in [0.3, 0.4) is 0 Å². The van der Waals surface area contributed by atoms with Gasteiger partial charge < -0.3 is 10.1 Å². The van der Waals surface area contributed by atoms with Gasteiger partial charge in [0.2, 0.25) is 5.91 Å². The molecule has 0 saturated carbocycles. The standard InChI is InChI=1S/C17H26N2O2/c1-11(2)18-17(20)12(3)19-16-7-5-6-13-10-14(21-4)8-9-15(13)16/h8-12,16,19H,5-7H2,1-4H3,(H,18,20). The van der Waals surface area contributed by atoms with E-state index in [1.54, 1.807) is 7.11 Å². The monoisotopic (exact) mass is 290 g/mol. The van der Waals surface area contributed by atoms with Crippen molar-refractivity contribution in [3.8, 4) is 5.75 Å². The van der Waals surface area contributed by atoms with Gasteiger partial charge in [0.1, 0.15) is 5.75 Å². The molecule has 0 aromatic heterocycles. The first kappa shape index (κ1) is 15.8. The van der Waals surface area contributed by atoms with E-state index < -0.39 is 0 Å². The quantitative estimate of drug-likeness (QED) is 0.876. The summed E-state index contributed by atoms with van der Waals surface area (Å²) in [5.74, 6) is 0.964. The maximum absolute atomic E-state index is 12.0. The Kier molecular flexibility index (Phi) is 5.23. The minimum Gasteiger partial charge on any atom is -0.497 e. The van der Waals surface area contributed by atoms with E-state index in [9.17, 15) is 4.79 Å². The van der Waals surface area contributed by atoms with E-state index in [4.69, 9.17) is 4.74 Å². The number of carbonyl (C=O) groups excluding carboxylic acids is 1.